The molecule has 3 aromatic carbocycles. The van der Waals surface area contributed by atoms with Crippen LogP contribution in [0.3, 0.4) is 0 Å². The van der Waals surface area contributed by atoms with E-state index in [0.29, 0.717) is 37.9 Å². The smallest absolute Gasteiger partial charge is 0.251 e. The molecule has 0 spiro atoms. The molecule has 0 saturated heterocycles. The topological polar surface area (TPSA) is 66.5 Å². The van der Waals surface area contributed by atoms with Crippen LogP contribution in [-0.4, -0.2) is 25.2 Å². The zero-order valence-electron chi connectivity index (χ0n) is 17.4. The third kappa shape index (κ3) is 3.82. The molecule has 0 aromatic heterocycles. The molecule has 1 aliphatic carbocycles. The summed E-state index contributed by atoms with van der Waals surface area (Å²) in [5.41, 5.74) is 4.28. The van der Waals surface area contributed by atoms with Crippen LogP contribution in [0.2, 0.25) is 0 Å². The van der Waals surface area contributed by atoms with Gasteiger partial charge in [0.2, 0.25) is 10.0 Å². The molecule has 5 nitrogen and oxygen atoms in total. The van der Waals surface area contributed by atoms with Crippen molar-refractivity contribution in [3.8, 4) is 0 Å². The molecule has 1 N–H and O–H groups in total. The summed E-state index contributed by atoms with van der Waals surface area (Å²) in [5, 5.41) is 2.97. The second-order valence-electron chi connectivity index (χ2n) is 8.29. The number of halogens is 1. The van der Waals surface area contributed by atoms with Gasteiger partial charge >= 0.3 is 0 Å². The summed E-state index contributed by atoms with van der Waals surface area (Å²) in [5.74, 6) is -0.623. The molecular weight excluding hydrogens is 427 g/mol. The largest absolute Gasteiger partial charge is 0.345 e. The maximum Gasteiger partial charge on any atom is 0.251 e. The molecule has 5 rings (SSSR count). The SMILES string of the molecule is O=C(NC1CCc2cc(F)ccc21)c1cccc(S(=O)(=O)N2CCc3ccccc3C2)c1. The van der Waals surface area contributed by atoms with Gasteiger partial charge in [-0.05, 0) is 71.8 Å². The van der Waals surface area contributed by atoms with Gasteiger partial charge in [0.05, 0.1) is 10.9 Å². The summed E-state index contributed by atoms with van der Waals surface area (Å²) < 4.78 is 41.5. The van der Waals surface area contributed by atoms with Crippen molar-refractivity contribution in [3.63, 3.8) is 0 Å². The number of hydrogen-bond donors (Lipinski definition) is 1. The molecule has 1 heterocycles. The minimum atomic E-state index is -3.73. The van der Waals surface area contributed by atoms with E-state index in [-0.39, 0.29) is 22.7 Å². The summed E-state index contributed by atoms with van der Waals surface area (Å²) >= 11 is 0. The number of hydrogen-bond acceptors (Lipinski definition) is 3. The number of carbonyl (C=O) groups is 1. The van der Waals surface area contributed by atoms with Crippen LogP contribution < -0.4 is 5.32 Å². The van der Waals surface area contributed by atoms with E-state index in [9.17, 15) is 17.6 Å². The fraction of sp³-hybridized carbons (Fsp3) is 0.240. The first-order valence-corrected chi connectivity index (χ1v) is 12.1. The summed E-state index contributed by atoms with van der Waals surface area (Å²) in [4.78, 5) is 13.0. The van der Waals surface area contributed by atoms with Crippen molar-refractivity contribution in [1.29, 1.82) is 0 Å². The molecule has 0 radical (unpaired) electrons. The molecule has 164 valence electrons. The van der Waals surface area contributed by atoms with E-state index in [1.807, 2.05) is 24.3 Å². The van der Waals surface area contributed by atoms with Gasteiger partial charge in [0.1, 0.15) is 5.82 Å². The highest BCUT2D eigenvalue weighted by atomic mass is 32.2. The summed E-state index contributed by atoms with van der Waals surface area (Å²) in [7, 11) is -3.73. The monoisotopic (exact) mass is 450 g/mol. The quantitative estimate of drug-likeness (QED) is 0.654. The molecule has 0 saturated carbocycles. The standard InChI is InChI=1S/C25H23FN2O3S/c26-21-9-10-23-18(14-21)8-11-24(23)27-25(29)19-6-3-7-22(15-19)32(30,31)28-13-12-17-4-1-2-5-20(17)16-28/h1-7,9-10,14-15,24H,8,11-13,16H2,(H,27,29). The van der Waals surface area contributed by atoms with E-state index in [4.69, 9.17) is 0 Å². The van der Waals surface area contributed by atoms with Crippen LogP contribution in [0.4, 0.5) is 4.39 Å². The third-order valence-corrected chi connectivity index (χ3v) is 8.16. The minimum absolute atomic E-state index is 0.110. The summed E-state index contributed by atoms with van der Waals surface area (Å²) in [6.07, 6.45) is 2.05. The van der Waals surface area contributed by atoms with Crippen LogP contribution in [0, 0.1) is 5.82 Å². The van der Waals surface area contributed by atoms with Crippen molar-refractivity contribution < 1.29 is 17.6 Å². The lowest BCUT2D eigenvalue weighted by atomic mass is 10.0. The maximum atomic E-state index is 13.5. The van der Waals surface area contributed by atoms with Gasteiger partial charge in [-0.3, -0.25) is 4.79 Å². The molecule has 1 unspecified atom stereocenters. The number of amides is 1. The molecule has 1 amide bonds. The number of rotatable bonds is 4. The highest BCUT2D eigenvalue weighted by Gasteiger charge is 2.29. The van der Waals surface area contributed by atoms with E-state index in [1.165, 1.54) is 34.1 Å². The van der Waals surface area contributed by atoms with Crippen molar-refractivity contribution in [2.45, 2.75) is 36.7 Å². The van der Waals surface area contributed by atoms with E-state index < -0.39 is 10.0 Å². The van der Waals surface area contributed by atoms with Crippen LogP contribution in [0.25, 0.3) is 0 Å². The van der Waals surface area contributed by atoms with E-state index in [0.717, 1.165) is 16.7 Å². The second kappa shape index (κ2) is 8.15. The van der Waals surface area contributed by atoms with Crippen LogP contribution in [-0.2, 0) is 29.4 Å². The van der Waals surface area contributed by atoms with Gasteiger partial charge in [0, 0.05) is 18.7 Å². The molecular formula is C25H23FN2O3S. The lowest BCUT2D eigenvalue weighted by Gasteiger charge is -2.28. The number of nitrogens with zero attached hydrogens (tertiary/aromatic N) is 1. The van der Waals surface area contributed by atoms with Gasteiger partial charge in [-0.15, -0.1) is 0 Å². The van der Waals surface area contributed by atoms with E-state index >= 15 is 0 Å². The number of carbonyl (C=O) groups excluding carboxylic acids is 1. The van der Waals surface area contributed by atoms with Gasteiger partial charge in [-0.1, -0.05) is 36.4 Å². The van der Waals surface area contributed by atoms with E-state index in [2.05, 4.69) is 5.32 Å². The Morgan fingerprint density at radius 1 is 0.938 bits per heavy atom. The molecule has 32 heavy (non-hydrogen) atoms. The molecule has 7 heteroatoms. The van der Waals surface area contributed by atoms with E-state index in [1.54, 1.807) is 18.2 Å². The van der Waals surface area contributed by atoms with Crippen LogP contribution in [0.15, 0.2) is 71.6 Å². The maximum absolute atomic E-state index is 13.5. The fourth-order valence-electron chi connectivity index (χ4n) is 4.60. The second-order valence-corrected chi connectivity index (χ2v) is 10.2. The van der Waals surface area contributed by atoms with Crippen LogP contribution in [0.5, 0.6) is 0 Å². The molecule has 1 aliphatic heterocycles. The number of fused-ring (bicyclic) bond motifs is 2. The Labute approximate surface area is 186 Å². The Hall–Kier alpha value is -3.03. The van der Waals surface area contributed by atoms with Gasteiger partial charge in [-0.25, -0.2) is 12.8 Å². The summed E-state index contributed by atoms with van der Waals surface area (Å²) in [6.45, 7) is 0.732. The Morgan fingerprint density at radius 3 is 2.59 bits per heavy atom. The lowest BCUT2D eigenvalue weighted by Crippen LogP contribution is -2.36. The summed E-state index contributed by atoms with van der Waals surface area (Å²) in [6, 6.07) is 18.4. The molecule has 1 atom stereocenters. The Kier molecular flexibility index (Phi) is 5.31. The highest BCUT2D eigenvalue weighted by Crippen LogP contribution is 2.32. The molecule has 0 bridgehead atoms. The predicted molar refractivity (Wildman–Crippen MR) is 119 cm³/mol. The first-order chi connectivity index (χ1) is 15.4. The number of benzene rings is 3. The Bertz CT molecular complexity index is 1310. The zero-order valence-corrected chi connectivity index (χ0v) is 18.2. The lowest BCUT2D eigenvalue weighted by molar-refractivity contribution is 0.0936. The van der Waals surface area contributed by atoms with Gasteiger partial charge in [0.15, 0.2) is 0 Å². The van der Waals surface area contributed by atoms with Crippen LogP contribution in [0.1, 0.15) is 45.1 Å². The van der Waals surface area contributed by atoms with Gasteiger partial charge < -0.3 is 5.32 Å². The molecule has 3 aromatic rings. The third-order valence-electron chi connectivity index (χ3n) is 6.32. The van der Waals surface area contributed by atoms with Crippen molar-refractivity contribution in [3.05, 3.63) is 100 Å². The first-order valence-electron chi connectivity index (χ1n) is 10.7. The Morgan fingerprint density at radius 2 is 1.75 bits per heavy atom. The predicted octanol–water partition coefficient (Wildman–Crippen LogP) is 3.99. The minimum Gasteiger partial charge on any atom is -0.345 e. The van der Waals surface area contributed by atoms with Gasteiger partial charge in [0.25, 0.3) is 5.91 Å². The highest BCUT2D eigenvalue weighted by molar-refractivity contribution is 7.89. The van der Waals surface area contributed by atoms with Crippen molar-refractivity contribution in [2.75, 3.05) is 6.54 Å². The number of nitrogens with one attached hydrogen (secondary N) is 1. The normalized spacial score (nSPS) is 18.1. The average Bonchev–Trinajstić information content (AvgIpc) is 3.20. The van der Waals surface area contributed by atoms with Crippen molar-refractivity contribution in [1.82, 2.24) is 9.62 Å². The van der Waals surface area contributed by atoms with Crippen molar-refractivity contribution in [2.24, 2.45) is 0 Å². The average molecular weight is 451 g/mol. The number of aryl methyl sites for hydroxylation is 1. The first kappa shape index (κ1) is 20.8. The fourth-order valence-corrected chi connectivity index (χ4v) is 6.06. The van der Waals surface area contributed by atoms with Gasteiger partial charge in [-0.2, -0.15) is 4.31 Å². The van der Waals surface area contributed by atoms with Crippen molar-refractivity contribution >= 4 is 15.9 Å². The van der Waals surface area contributed by atoms with Crippen LogP contribution >= 0.6 is 0 Å². The Balaban J connectivity index is 1.35. The zero-order chi connectivity index (χ0) is 22.3. The molecule has 2 aliphatic rings. The molecule has 0 fully saturated rings. The number of sulfonamides is 1.